The highest BCUT2D eigenvalue weighted by Gasteiger charge is 2.33. The summed E-state index contributed by atoms with van der Waals surface area (Å²) in [5.41, 5.74) is 4.96. The van der Waals surface area contributed by atoms with Crippen LogP contribution in [0.25, 0.3) is 0 Å². The van der Waals surface area contributed by atoms with Gasteiger partial charge in [-0.25, -0.2) is 14.4 Å². The minimum Gasteiger partial charge on any atom is -0.480 e. The van der Waals surface area contributed by atoms with Gasteiger partial charge in [0.15, 0.2) is 11.5 Å². The maximum absolute atomic E-state index is 12.5. The molecule has 3 atom stereocenters. The second-order valence-electron chi connectivity index (χ2n) is 13.3. The quantitative estimate of drug-likeness (QED) is 0.157. The third kappa shape index (κ3) is 13.4. The minimum atomic E-state index is -1.43. The molecule has 0 aromatic heterocycles. The van der Waals surface area contributed by atoms with Crippen molar-refractivity contribution in [2.45, 2.75) is 93.2 Å². The molecule has 12 nitrogen and oxygen atoms in total. The summed E-state index contributed by atoms with van der Waals surface area (Å²) in [5, 5.41) is 9.74. The molecular formula is C30H47NO11. The van der Waals surface area contributed by atoms with E-state index in [1.165, 1.54) is 18.2 Å². The Balaban J connectivity index is 3.35. The number of benzene rings is 1. The van der Waals surface area contributed by atoms with Crippen LogP contribution in [0.1, 0.15) is 87.1 Å². The summed E-state index contributed by atoms with van der Waals surface area (Å²) in [6.45, 7) is 18.1. The second-order valence-corrected chi connectivity index (χ2v) is 13.3. The van der Waals surface area contributed by atoms with Crippen molar-refractivity contribution in [2.24, 2.45) is 22.5 Å². The van der Waals surface area contributed by atoms with E-state index < -0.39 is 47.9 Å². The molecule has 1 aromatic carbocycles. The maximum atomic E-state index is 12.5. The van der Waals surface area contributed by atoms with Gasteiger partial charge in [-0.1, -0.05) is 61.5 Å². The first kappa shape index (κ1) is 36.5. The highest BCUT2D eigenvalue weighted by molar-refractivity contribution is 5.75. The zero-order chi connectivity index (χ0) is 32.5. The lowest BCUT2D eigenvalue weighted by atomic mass is 9.82. The summed E-state index contributed by atoms with van der Waals surface area (Å²) in [4.78, 5) is 49.1. The number of carboxylic acid groups (broad SMARTS) is 1. The molecule has 42 heavy (non-hydrogen) atoms. The molecule has 0 amide bonds. The van der Waals surface area contributed by atoms with Crippen LogP contribution in [0.5, 0.6) is 11.5 Å². The number of ether oxygens (including phenoxy) is 6. The zero-order valence-electron chi connectivity index (χ0n) is 26.4. The lowest BCUT2D eigenvalue weighted by molar-refractivity contribution is -0.139. The van der Waals surface area contributed by atoms with Gasteiger partial charge in [0.2, 0.25) is 0 Å². The van der Waals surface area contributed by atoms with E-state index in [1.807, 2.05) is 48.5 Å². The molecule has 0 radical (unpaired) electrons. The van der Waals surface area contributed by atoms with Gasteiger partial charge in [0.1, 0.15) is 11.6 Å². The van der Waals surface area contributed by atoms with Gasteiger partial charge in [0, 0.05) is 5.92 Å². The first-order chi connectivity index (χ1) is 19.1. The number of rotatable bonds is 12. The first-order valence-corrected chi connectivity index (χ1v) is 13.8. The number of aliphatic carboxylic acids is 1. The fraction of sp³-hybridized carbons (Fsp3) is 0.667. The standard InChI is InChI=1S/C30H47NO11/c1-11-30(9,10)42-27(36)37-15-18(2)22(23(31)24(32)33)19-12-13-20(40-25(34)38-16-28(3,4)5)21(14-19)41-26(35)39-17-29(6,7)8/h12-14,18,22-23H,11,15-17,31H2,1-10H3,(H,32,33)/t18?,22?,23-/m0/s1. The Morgan fingerprint density at radius 3 is 1.76 bits per heavy atom. The molecule has 238 valence electrons. The Bertz CT molecular complexity index is 1090. The minimum absolute atomic E-state index is 0.0428. The van der Waals surface area contributed by atoms with Crippen LogP contribution in [-0.2, 0) is 23.7 Å². The predicted octanol–water partition coefficient (Wildman–Crippen LogP) is 6.28. The van der Waals surface area contributed by atoms with Gasteiger partial charge in [-0.3, -0.25) is 4.79 Å². The van der Waals surface area contributed by atoms with Crippen molar-refractivity contribution in [2.75, 3.05) is 19.8 Å². The Morgan fingerprint density at radius 2 is 1.31 bits per heavy atom. The third-order valence-corrected chi connectivity index (χ3v) is 5.95. The molecular weight excluding hydrogens is 550 g/mol. The molecule has 0 aliphatic heterocycles. The van der Waals surface area contributed by atoms with Gasteiger partial charge >= 0.3 is 24.4 Å². The van der Waals surface area contributed by atoms with E-state index in [9.17, 15) is 24.3 Å². The number of nitrogens with two attached hydrogens (primary N) is 1. The highest BCUT2D eigenvalue weighted by atomic mass is 16.7. The number of carbonyl (C=O) groups excluding carboxylic acids is 3. The third-order valence-electron chi connectivity index (χ3n) is 5.95. The zero-order valence-corrected chi connectivity index (χ0v) is 26.4. The van der Waals surface area contributed by atoms with Crippen LogP contribution in [0, 0.1) is 16.7 Å². The van der Waals surface area contributed by atoms with Gasteiger partial charge in [0.05, 0.1) is 19.8 Å². The number of carboxylic acids is 1. The smallest absolute Gasteiger partial charge is 0.480 e. The lowest BCUT2D eigenvalue weighted by Crippen LogP contribution is -2.41. The van der Waals surface area contributed by atoms with Crippen molar-refractivity contribution >= 4 is 24.4 Å². The molecule has 0 heterocycles. The highest BCUT2D eigenvalue weighted by Crippen LogP contribution is 2.36. The Morgan fingerprint density at radius 1 is 0.810 bits per heavy atom. The van der Waals surface area contributed by atoms with Crippen LogP contribution in [-0.4, -0.2) is 61.0 Å². The first-order valence-electron chi connectivity index (χ1n) is 13.8. The molecule has 2 unspecified atom stereocenters. The Kier molecular flexibility index (Phi) is 13.1. The summed E-state index contributed by atoms with van der Waals surface area (Å²) in [7, 11) is 0. The molecule has 0 spiro atoms. The molecule has 0 aliphatic rings. The van der Waals surface area contributed by atoms with E-state index in [0.717, 1.165) is 0 Å². The molecule has 0 saturated carbocycles. The van der Waals surface area contributed by atoms with E-state index in [4.69, 9.17) is 34.2 Å². The molecule has 0 fully saturated rings. The molecule has 0 saturated heterocycles. The fourth-order valence-electron chi connectivity index (χ4n) is 3.36. The summed E-state index contributed by atoms with van der Waals surface area (Å²) in [5.74, 6) is -3.25. The second kappa shape index (κ2) is 15.1. The average Bonchev–Trinajstić information content (AvgIpc) is 2.85. The average molecular weight is 598 g/mol. The van der Waals surface area contributed by atoms with Crippen molar-refractivity contribution in [1.82, 2.24) is 0 Å². The molecule has 1 aromatic rings. The molecule has 3 N–H and O–H groups in total. The lowest BCUT2D eigenvalue weighted by Gasteiger charge is -2.28. The molecule has 12 heteroatoms. The molecule has 0 bridgehead atoms. The topological polar surface area (TPSA) is 170 Å². The summed E-state index contributed by atoms with van der Waals surface area (Å²) in [6.07, 6.45) is -2.44. The van der Waals surface area contributed by atoms with Gasteiger partial charge in [-0.2, -0.15) is 0 Å². The van der Waals surface area contributed by atoms with E-state index in [2.05, 4.69) is 0 Å². The molecule has 0 aliphatic carbocycles. The van der Waals surface area contributed by atoms with Gasteiger partial charge in [-0.05, 0) is 54.7 Å². The van der Waals surface area contributed by atoms with Crippen molar-refractivity contribution in [3.63, 3.8) is 0 Å². The van der Waals surface area contributed by atoms with Crippen molar-refractivity contribution in [3.8, 4) is 11.5 Å². The summed E-state index contributed by atoms with van der Waals surface area (Å²) in [6, 6.07) is 2.69. The van der Waals surface area contributed by atoms with Crippen molar-refractivity contribution < 1.29 is 52.7 Å². The van der Waals surface area contributed by atoms with E-state index in [0.29, 0.717) is 12.0 Å². The Labute approximate surface area is 248 Å². The Hall–Kier alpha value is -3.54. The van der Waals surface area contributed by atoms with Gasteiger partial charge < -0.3 is 39.3 Å². The normalized spacial score (nSPS) is 14.2. The van der Waals surface area contributed by atoms with Gasteiger partial charge in [0.25, 0.3) is 0 Å². The van der Waals surface area contributed by atoms with Crippen LogP contribution in [0.4, 0.5) is 14.4 Å². The van der Waals surface area contributed by atoms with Crippen LogP contribution in [0.3, 0.4) is 0 Å². The monoisotopic (exact) mass is 597 g/mol. The van der Waals surface area contributed by atoms with Crippen molar-refractivity contribution in [1.29, 1.82) is 0 Å². The number of hydrogen-bond acceptors (Lipinski definition) is 11. The molecule has 1 rings (SSSR count). The van der Waals surface area contributed by atoms with E-state index >= 15 is 0 Å². The maximum Gasteiger partial charge on any atom is 0.513 e. The number of carbonyl (C=O) groups is 4. The summed E-state index contributed by atoms with van der Waals surface area (Å²) >= 11 is 0. The van der Waals surface area contributed by atoms with Crippen molar-refractivity contribution in [3.05, 3.63) is 23.8 Å². The number of hydrogen-bond donors (Lipinski definition) is 2. The fourth-order valence-corrected chi connectivity index (χ4v) is 3.36. The van der Waals surface area contributed by atoms with E-state index in [-0.39, 0.29) is 42.1 Å². The van der Waals surface area contributed by atoms with Crippen LogP contribution in [0.2, 0.25) is 0 Å². The van der Waals surface area contributed by atoms with Crippen LogP contribution >= 0.6 is 0 Å². The predicted molar refractivity (Wildman–Crippen MR) is 154 cm³/mol. The van der Waals surface area contributed by atoms with Crippen LogP contribution in [0.15, 0.2) is 18.2 Å². The summed E-state index contributed by atoms with van der Waals surface area (Å²) < 4.78 is 31.6. The SMILES string of the molecule is CCC(C)(C)OC(=O)OCC(C)C(c1ccc(OC(=O)OCC(C)(C)C)c(OC(=O)OCC(C)(C)C)c1)[C@H](N)C(=O)O. The van der Waals surface area contributed by atoms with E-state index in [1.54, 1.807) is 20.8 Å². The largest absolute Gasteiger partial charge is 0.513 e. The van der Waals surface area contributed by atoms with Crippen LogP contribution < -0.4 is 15.2 Å². The van der Waals surface area contributed by atoms with Gasteiger partial charge in [-0.15, -0.1) is 0 Å².